The molecule has 0 atom stereocenters. The maximum absolute atomic E-state index is 9.10. The number of aliphatic hydroxyl groups excluding tert-OH is 1. The summed E-state index contributed by atoms with van der Waals surface area (Å²) in [6.07, 6.45) is 4.33. The standard InChI is InChI=1S/C11H13N3O/c1-2-10-7-11(13-14(10)8-15)9-3-5-12-6-4-9/h3-7,15H,2,8H2,1H3. The fourth-order valence-corrected chi connectivity index (χ4v) is 1.53. The van der Waals surface area contributed by atoms with E-state index in [4.69, 9.17) is 5.11 Å². The summed E-state index contributed by atoms with van der Waals surface area (Å²) in [6.45, 7) is 1.97. The molecule has 2 aromatic rings. The molecule has 0 amide bonds. The zero-order valence-electron chi connectivity index (χ0n) is 8.59. The van der Waals surface area contributed by atoms with Crippen molar-refractivity contribution in [3.05, 3.63) is 36.3 Å². The van der Waals surface area contributed by atoms with Gasteiger partial charge in [0, 0.05) is 23.7 Å². The van der Waals surface area contributed by atoms with Crippen LogP contribution in [0.25, 0.3) is 11.3 Å². The summed E-state index contributed by atoms with van der Waals surface area (Å²) in [5.74, 6) is 0. The molecule has 78 valence electrons. The van der Waals surface area contributed by atoms with E-state index in [0.717, 1.165) is 23.4 Å². The Kier molecular flexibility index (Phi) is 2.78. The van der Waals surface area contributed by atoms with Crippen molar-refractivity contribution in [2.75, 3.05) is 0 Å². The molecule has 4 heteroatoms. The Bertz CT molecular complexity index is 415. The molecule has 0 saturated heterocycles. The lowest BCUT2D eigenvalue weighted by Gasteiger charge is -1.98. The van der Waals surface area contributed by atoms with E-state index in [-0.39, 0.29) is 6.73 Å². The number of aryl methyl sites for hydroxylation is 1. The third-order valence-corrected chi connectivity index (χ3v) is 2.34. The van der Waals surface area contributed by atoms with Crippen molar-refractivity contribution < 1.29 is 5.11 Å². The molecule has 0 saturated carbocycles. The summed E-state index contributed by atoms with van der Waals surface area (Å²) in [7, 11) is 0. The maximum atomic E-state index is 9.10. The van der Waals surface area contributed by atoms with Crippen molar-refractivity contribution in [2.45, 2.75) is 20.1 Å². The van der Waals surface area contributed by atoms with Crippen LogP contribution in [-0.2, 0) is 13.2 Å². The van der Waals surface area contributed by atoms with Crippen molar-refractivity contribution in [3.8, 4) is 11.3 Å². The summed E-state index contributed by atoms with van der Waals surface area (Å²) >= 11 is 0. The lowest BCUT2D eigenvalue weighted by atomic mass is 10.2. The van der Waals surface area contributed by atoms with Crippen LogP contribution >= 0.6 is 0 Å². The van der Waals surface area contributed by atoms with Crippen LogP contribution in [0.5, 0.6) is 0 Å². The molecule has 2 aromatic heterocycles. The second-order valence-electron chi connectivity index (χ2n) is 3.25. The van der Waals surface area contributed by atoms with Gasteiger partial charge in [0.25, 0.3) is 0 Å². The van der Waals surface area contributed by atoms with Gasteiger partial charge in [0.15, 0.2) is 0 Å². The first-order valence-electron chi connectivity index (χ1n) is 4.93. The van der Waals surface area contributed by atoms with E-state index >= 15 is 0 Å². The molecule has 4 nitrogen and oxygen atoms in total. The SMILES string of the molecule is CCc1cc(-c2ccncc2)nn1CO. The Morgan fingerprint density at radius 2 is 2.07 bits per heavy atom. The third kappa shape index (κ3) is 1.89. The number of hydrogen-bond donors (Lipinski definition) is 1. The summed E-state index contributed by atoms with van der Waals surface area (Å²) in [6, 6.07) is 5.80. The van der Waals surface area contributed by atoms with Gasteiger partial charge in [-0.2, -0.15) is 5.10 Å². The van der Waals surface area contributed by atoms with E-state index in [9.17, 15) is 0 Å². The highest BCUT2D eigenvalue weighted by molar-refractivity contribution is 5.58. The van der Waals surface area contributed by atoms with Gasteiger partial charge in [0.2, 0.25) is 0 Å². The van der Waals surface area contributed by atoms with Crippen LogP contribution in [0.3, 0.4) is 0 Å². The Balaban J connectivity index is 2.42. The van der Waals surface area contributed by atoms with Gasteiger partial charge in [-0.15, -0.1) is 0 Å². The van der Waals surface area contributed by atoms with Crippen LogP contribution in [-0.4, -0.2) is 19.9 Å². The normalized spacial score (nSPS) is 10.5. The molecule has 0 aliphatic heterocycles. The van der Waals surface area contributed by atoms with E-state index in [1.165, 1.54) is 0 Å². The molecule has 0 radical (unpaired) electrons. The number of aliphatic hydroxyl groups is 1. The van der Waals surface area contributed by atoms with Gasteiger partial charge in [-0.3, -0.25) is 4.98 Å². The molecule has 0 aliphatic carbocycles. The van der Waals surface area contributed by atoms with E-state index < -0.39 is 0 Å². The van der Waals surface area contributed by atoms with Crippen LogP contribution < -0.4 is 0 Å². The molecule has 0 unspecified atom stereocenters. The van der Waals surface area contributed by atoms with Crippen molar-refractivity contribution in [3.63, 3.8) is 0 Å². The lowest BCUT2D eigenvalue weighted by molar-refractivity contribution is 0.192. The van der Waals surface area contributed by atoms with E-state index in [1.54, 1.807) is 17.1 Å². The molecular weight excluding hydrogens is 190 g/mol. The highest BCUT2D eigenvalue weighted by Crippen LogP contribution is 2.18. The van der Waals surface area contributed by atoms with Crippen molar-refractivity contribution in [2.24, 2.45) is 0 Å². The Morgan fingerprint density at radius 3 is 2.60 bits per heavy atom. The molecule has 2 heterocycles. The predicted octanol–water partition coefficient (Wildman–Crippen LogP) is 1.46. The fraction of sp³-hybridized carbons (Fsp3) is 0.273. The zero-order chi connectivity index (χ0) is 10.7. The van der Waals surface area contributed by atoms with Gasteiger partial charge < -0.3 is 5.11 Å². The molecule has 0 aromatic carbocycles. The maximum Gasteiger partial charge on any atom is 0.136 e. The minimum Gasteiger partial charge on any atom is -0.374 e. The summed E-state index contributed by atoms with van der Waals surface area (Å²) < 4.78 is 1.61. The average Bonchev–Trinajstić information content (AvgIpc) is 2.73. The molecule has 1 N–H and O–H groups in total. The summed E-state index contributed by atoms with van der Waals surface area (Å²) in [4.78, 5) is 3.96. The number of rotatable bonds is 3. The first-order chi connectivity index (χ1) is 7.35. The molecular formula is C11H13N3O. The number of hydrogen-bond acceptors (Lipinski definition) is 3. The Morgan fingerprint density at radius 1 is 1.33 bits per heavy atom. The number of pyridine rings is 1. The quantitative estimate of drug-likeness (QED) is 0.821. The fourth-order valence-electron chi connectivity index (χ4n) is 1.53. The first-order valence-corrected chi connectivity index (χ1v) is 4.93. The second-order valence-corrected chi connectivity index (χ2v) is 3.25. The van der Waals surface area contributed by atoms with Crippen LogP contribution in [0, 0.1) is 0 Å². The average molecular weight is 203 g/mol. The zero-order valence-corrected chi connectivity index (χ0v) is 8.59. The first kappa shape index (κ1) is 9.86. The van der Waals surface area contributed by atoms with Crippen molar-refractivity contribution >= 4 is 0 Å². The summed E-state index contributed by atoms with van der Waals surface area (Å²) in [5, 5.41) is 13.4. The van der Waals surface area contributed by atoms with Gasteiger partial charge >= 0.3 is 0 Å². The molecule has 0 fully saturated rings. The molecule has 0 bridgehead atoms. The predicted molar refractivity (Wildman–Crippen MR) is 57.1 cm³/mol. The van der Waals surface area contributed by atoms with E-state index in [2.05, 4.69) is 10.1 Å². The van der Waals surface area contributed by atoms with E-state index in [1.807, 2.05) is 25.1 Å². The highest BCUT2D eigenvalue weighted by Gasteiger charge is 2.06. The Hall–Kier alpha value is -1.68. The topological polar surface area (TPSA) is 50.9 Å². The van der Waals surface area contributed by atoms with Crippen LogP contribution in [0.4, 0.5) is 0 Å². The van der Waals surface area contributed by atoms with Crippen LogP contribution in [0.1, 0.15) is 12.6 Å². The van der Waals surface area contributed by atoms with E-state index in [0.29, 0.717) is 0 Å². The number of aromatic nitrogens is 3. The lowest BCUT2D eigenvalue weighted by Crippen LogP contribution is -2.03. The van der Waals surface area contributed by atoms with Crippen molar-refractivity contribution in [1.82, 2.24) is 14.8 Å². The minimum absolute atomic E-state index is 0.0751. The third-order valence-electron chi connectivity index (χ3n) is 2.34. The smallest absolute Gasteiger partial charge is 0.136 e. The van der Waals surface area contributed by atoms with Crippen LogP contribution in [0.15, 0.2) is 30.6 Å². The molecule has 2 rings (SSSR count). The van der Waals surface area contributed by atoms with Gasteiger partial charge in [-0.25, -0.2) is 4.68 Å². The van der Waals surface area contributed by atoms with Crippen molar-refractivity contribution in [1.29, 1.82) is 0 Å². The van der Waals surface area contributed by atoms with Gasteiger partial charge in [0.1, 0.15) is 6.73 Å². The largest absolute Gasteiger partial charge is 0.374 e. The van der Waals surface area contributed by atoms with Crippen LogP contribution in [0.2, 0.25) is 0 Å². The summed E-state index contributed by atoms with van der Waals surface area (Å²) in [5.41, 5.74) is 2.93. The van der Waals surface area contributed by atoms with Gasteiger partial charge in [-0.1, -0.05) is 6.92 Å². The highest BCUT2D eigenvalue weighted by atomic mass is 16.3. The second kappa shape index (κ2) is 4.23. The molecule has 0 aliphatic rings. The molecule has 0 spiro atoms. The minimum atomic E-state index is -0.0751. The van der Waals surface area contributed by atoms with Gasteiger partial charge in [-0.05, 0) is 24.6 Å². The Labute approximate surface area is 88.2 Å². The monoisotopic (exact) mass is 203 g/mol. The van der Waals surface area contributed by atoms with Gasteiger partial charge in [0.05, 0.1) is 5.69 Å². The number of nitrogens with zero attached hydrogens (tertiary/aromatic N) is 3. The molecule has 15 heavy (non-hydrogen) atoms.